The van der Waals surface area contributed by atoms with Gasteiger partial charge in [0.15, 0.2) is 0 Å². The molecule has 10 nitrogen and oxygen atoms in total. The van der Waals surface area contributed by atoms with Gasteiger partial charge in [-0.25, -0.2) is 0 Å². The lowest BCUT2D eigenvalue weighted by molar-refractivity contribution is -0.160. The van der Waals surface area contributed by atoms with Gasteiger partial charge in [-0.05, 0) is 61.2 Å². The summed E-state index contributed by atoms with van der Waals surface area (Å²) in [5.74, 6) is -0.346. The summed E-state index contributed by atoms with van der Waals surface area (Å²) in [7, 11) is 0. The molecule has 0 bridgehead atoms. The van der Waals surface area contributed by atoms with Crippen molar-refractivity contribution < 1.29 is 32.6 Å². The third-order valence-electron chi connectivity index (χ3n) is 7.31. The summed E-state index contributed by atoms with van der Waals surface area (Å²) in [4.78, 5) is 41.4. The zero-order chi connectivity index (χ0) is 30.5. The standard InChI is InChI=1S/C30H31F2N5O5S/c31-30(32)42-22-13-23(29(40)36-26(17-6-7-17)24-12-19(16-43-24)27(33)34)37(15-22)25(38)14-35-28(39)18-8-10-21(11-9-18)41-20-4-2-1-3-5-20/h1-5,8-12,16-17,22-23,26,30H,6-7,13-15H2,(H3,33,34)(H,35,39)(H,36,40)/t22-,23+,26?/m1/s1. The molecule has 2 aromatic carbocycles. The van der Waals surface area contributed by atoms with Crippen LogP contribution in [0.4, 0.5) is 8.78 Å². The number of rotatable bonds is 12. The van der Waals surface area contributed by atoms with Crippen LogP contribution in [0.3, 0.4) is 0 Å². The van der Waals surface area contributed by atoms with Crippen LogP contribution in [0.2, 0.25) is 0 Å². The summed E-state index contributed by atoms with van der Waals surface area (Å²) in [5.41, 5.74) is 6.44. The van der Waals surface area contributed by atoms with E-state index in [1.807, 2.05) is 18.2 Å². The van der Waals surface area contributed by atoms with Gasteiger partial charge in [0.05, 0.1) is 18.7 Å². The van der Waals surface area contributed by atoms with Crippen molar-refractivity contribution in [1.29, 1.82) is 5.41 Å². The van der Waals surface area contributed by atoms with E-state index in [2.05, 4.69) is 15.4 Å². The molecule has 43 heavy (non-hydrogen) atoms. The van der Waals surface area contributed by atoms with Crippen LogP contribution in [0.25, 0.3) is 0 Å². The first kappa shape index (κ1) is 30.1. The predicted octanol–water partition coefficient (Wildman–Crippen LogP) is 4.03. The molecule has 1 aliphatic carbocycles. The Balaban J connectivity index is 1.22. The van der Waals surface area contributed by atoms with Gasteiger partial charge in [-0.15, -0.1) is 11.3 Å². The number of nitrogen functional groups attached to an aromatic ring is 1. The van der Waals surface area contributed by atoms with E-state index in [-0.39, 0.29) is 36.3 Å². The summed E-state index contributed by atoms with van der Waals surface area (Å²) in [5, 5.41) is 14.9. The molecule has 3 aromatic rings. The van der Waals surface area contributed by atoms with Gasteiger partial charge in [0.25, 0.3) is 5.91 Å². The summed E-state index contributed by atoms with van der Waals surface area (Å²) in [6, 6.07) is 15.8. The molecule has 1 aliphatic heterocycles. The molecule has 13 heteroatoms. The summed E-state index contributed by atoms with van der Waals surface area (Å²) >= 11 is 1.37. The van der Waals surface area contributed by atoms with E-state index in [4.69, 9.17) is 15.9 Å². The Bertz CT molecular complexity index is 1470. The lowest BCUT2D eigenvalue weighted by Crippen LogP contribution is -2.49. The number of benzene rings is 2. The van der Waals surface area contributed by atoms with Crippen LogP contribution < -0.4 is 21.1 Å². The van der Waals surface area contributed by atoms with Gasteiger partial charge in [-0.2, -0.15) is 8.78 Å². The Morgan fingerprint density at radius 1 is 1.05 bits per heavy atom. The Labute approximate surface area is 250 Å². The van der Waals surface area contributed by atoms with Gasteiger partial charge in [0.2, 0.25) is 11.8 Å². The smallest absolute Gasteiger partial charge is 0.345 e. The second-order valence-corrected chi connectivity index (χ2v) is 11.4. The van der Waals surface area contributed by atoms with E-state index < -0.39 is 43.0 Å². The molecule has 5 N–H and O–H groups in total. The zero-order valence-corrected chi connectivity index (χ0v) is 23.8. The largest absolute Gasteiger partial charge is 0.457 e. The molecular weight excluding hydrogens is 580 g/mol. The minimum atomic E-state index is -3.06. The van der Waals surface area contributed by atoms with Gasteiger partial charge in [0, 0.05) is 34.3 Å². The Morgan fingerprint density at radius 2 is 1.74 bits per heavy atom. The Hall–Kier alpha value is -4.36. The van der Waals surface area contributed by atoms with Crippen LogP contribution >= 0.6 is 11.3 Å². The predicted molar refractivity (Wildman–Crippen MR) is 155 cm³/mol. The maximum atomic E-state index is 13.5. The number of para-hydroxylation sites is 1. The molecule has 3 amide bonds. The number of hydrogen-bond acceptors (Lipinski definition) is 7. The number of ether oxygens (including phenoxy) is 2. The highest BCUT2D eigenvalue weighted by molar-refractivity contribution is 7.10. The minimum absolute atomic E-state index is 0.0820. The van der Waals surface area contributed by atoms with E-state index in [1.54, 1.807) is 47.8 Å². The van der Waals surface area contributed by atoms with Crippen molar-refractivity contribution in [2.24, 2.45) is 11.7 Å². The minimum Gasteiger partial charge on any atom is -0.457 e. The van der Waals surface area contributed by atoms with Gasteiger partial charge in [0.1, 0.15) is 23.4 Å². The van der Waals surface area contributed by atoms with E-state index in [0.29, 0.717) is 17.1 Å². The fourth-order valence-corrected chi connectivity index (χ4v) is 6.03. The summed E-state index contributed by atoms with van der Waals surface area (Å²) in [6.07, 6.45) is 0.638. The average Bonchev–Trinajstić information content (AvgIpc) is 3.54. The first-order valence-corrected chi connectivity index (χ1v) is 14.6. The van der Waals surface area contributed by atoms with Gasteiger partial charge < -0.3 is 30.7 Å². The molecule has 226 valence electrons. The number of amidine groups is 1. The molecular formula is C30H31F2N5O5S. The van der Waals surface area contributed by atoms with Gasteiger partial charge in [-0.3, -0.25) is 19.8 Å². The Kier molecular flexibility index (Phi) is 9.31. The van der Waals surface area contributed by atoms with E-state index in [1.165, 1.54) is 16.2 Å². The number of alkyl halides is 2. The molecule has 0 radical (unpaired) electrons. The highest BCUT2D eigenvalue weighted by Gasteiger charge is 2.43. The number of amides is 3. The number of hydrogen-bond donors (Lipinski definition) is 4. The fraction of sp³-hybridized carbons (Fsp3) is 0.333. The number of carbonyl (C=O) groups is 3. The molecule has 1 unspecified atom stereocenters. The quantitative estimate of drug-likeness (QED) is 0.180. The van der Waals surface area contributed by atoms with Crippen LogP contribution in [-0.2, 0) is 14.3 Å². The topological polar surface area (TPSA) is 147 Å². The summed E-state index contributed by atoms with van der Waals surface area (Å²) in [6.45, 7) is -3.72. The van der Waals surface area contributed by atoms with E-state index in [9.17, 15) is 23.2 Å². The van der Waals surface area contributed by atoms with Crippen molar-refractivity contribution in [1.82, 2.24) is 15.5 Å². The SMILES string of the molecule is N=C(N)c1csc(C(NC(=O)[C@@H]2C[C@@H](OC(F)F)CN2C(=O)CNC(=O)c2ccc(Oc3ccccc3)cc2)C2CC2)c1. The maximum Gasteiger partial charge on any atom is 0.345 e. The van der Waals surface area contributed by atoms with Crippen molar-refractivity contribution in [3.63, 3.8) is 0 Å². The maximum absolute atomic E-state index is 13.5. The third kappa shape index (κ3) is 7.73. The first-order chi connectivity index (χ1) is 20.7. The van der Waals surface area contributed by atoms with Crippen LogP contribution in [0.5, 0.6) is 11.5 Å². The molecule has 3 atom stereocenters. The molecule has 1 saturated carbocycles. The van der Waals surface area contributed by atoms with E-state index in [0.717, 1.165) is 17.7 Å². The van der Waals surface area contributed by atoms with Crippen molar-refractivity contribution >= 4 is 34.9 Å². The van der Waals surface area contributed by atoms with Gasteiger partial charge >= 0.3 is 6.61 Å². The normalized spacial score (nSPS) is 18.7. The van der Waals surface area contributed by atoms with Crippen LogP contribution in [0, 0.1) is 11.3 Å². The number of carbonyl (C=O) groups excluding carboxylic acids is 3. The molecule has 2 aliphatic rings. The number of nitrogens with two attached hydrogens (primary N) is 1. The molecule has 2 heterocycles. The van der Waals surface area contributed by atoms with E-state index >= 15 is 0 Å². The Morgan fingerprint density at radius 3 is 2.37 bits per heavy atom. The first-order valence-electron chi connectivity index (χ1n) is 13.8. The number of nitrogens with zero attached hydrogens (tertiary/aromatic N) is 1. The van der Waals surface area contributed by atoms with Crippen molar-refractivity contribution in [2.45, 2.75) is 44.1 Å². The molecule has 0 spiro atoms. The zero-order valence-electron chi connectivity index (χ0n) is 23.0. The number of likely N-dealkylation sites (tertiary alicyclic amines) is 1. The fourth-order valence-electron chi connectivity index (χ4n) is 4.98. The lowest BCUT2D eigenvalue weighted by Gasteiger charge is -2.26. The second-order valence-electron chi connectivity index (χ2n) is 10.4. The molecule has 1 aromatic heterocycles. The van der Waals surface area contributed by atoms with Crippen LogP contribution in [-0.4, -0.2) is 60.3 Å². The van der Waals surface area contributed by atoms with Crippen LogP contribution in [0.15, 0.2) is 66.0 Å². The highest BCUT2D eigenvalue weighted by Crippen LogP contribution is 2.43. The molecule has 5 rings (SSSR count). The van der Waals surface area contributed by atoms with Crippen molar-refractivity contribution in [2.75, 3.05) is 13.1 Å². The average molecular weight is 612 g/mol. The monoisotopic (exact) mass is 611 g/mol. The third-order valence-corrected chi connectivity index (χ3v) is 8.32. The molecule has 2 fully saturated rings. The second kappa shape index (κ2) is 13.3. The number of halogens is 2. The number of nitrogens with one attached hydrogen (secondary N) is 3. The lowest BCUT2D eigenvalue weighted by atomic mass is 10.1. The summed E-state index contributed by atoms with van der Waals surface area (Å²) < 4.78 is 36.4. The highest BCUT2D eigenvalue weighted by atomic mass is 32.1. The van der Waals surface area contributed by atoms with Gasteiger partial charge in [-0.1, -0.05) is 18.2 Å². The molecule has 1 saturated heterocycles. The number of thiophene rings is 1. The van der Waals surface area contributed by atoms with Crippen molar-refractivity contribution in [3.05, 3.63) is 82.0 Å². The van der Waals surface area contributed by atoms with Crippen LogP contribution in [0.1, 0.15) is 46.1 Å². The van der Waals surface area contributed by atoms with Crippen molar-refractivity contribution in [3.8, 4) is 11.5 Å².